The first-order valence-corrected chi connectivity index (χ1v) is 8.62. The first kappa shape index (κ1) is 17.1. The van der Waals surface area contributed by atoms with Gasteiger partial charge in [-0.25, -0.2) is 0 Å². The first-order chi connectivity index (χ1) is 11.0. The van der Waals surface area contributed by atoms with Crippen LogP contribution >= 0.6 is 0 Å². The summed E-state index contributed by atoms with van der Waals surface area (Å²) >= 11 is 0. The molecule has 2 unspecified atom stereocenters. The van der Waals surface area contributed by atoms with Crippen molar-refractivity contribution < 1.29 is 14.3 Å². The van der Waals surface area contributed by atoms with Crippen molar-refractivity contribution in [1.82, 2.24) is 0 Å². The molecule has 0 amide bonds. The molecule has 1 aromatic rings. The van der Waals surface area contributed by atoms with Crippen molar-refractivity contribution in [2.24, 2.45) is 5.92 Å². The average Bonchev–Trinajstić information content (AvgIpc) is 2.49. The largest absolute Gasteiger partial charge is 0.367 e. The summed E-state index contributed by atoms with van der Waals surface area (Å²) in [5.41, 5.74) is 5.69. The van der Waals surface area contributed by atoms with E-state index < -0.39 is 5.60 Å². The van der Waals surface area contributed by atoms with E-state index in [1.807, 2.05) is 55.4 Å². The summed E-state index contributed by atoms with van der Waals surface area (Å²) in [7, 11) is 0. The first-order valence-electron chi connectivity index (χ1n) is 8.62. The van der Waals surface area contributed by atoms with Gasteiger partial charge in [0.2, 0.25) is 0 Å². The zero-order valence-electron chi connectivity index (χ0n) is 15.9. The van der Waals surface area contributed by atoms with Crippen molar-refractivity contribution in [3.05, 3.63) is 44.5 Å². The minimum absolute atomic E-state index is 0.0130. The van der Waals surface area contributed by atoms with Gasteiger partial charge in [0.1, 0.15) is 0 Å². The van der Waals surface area contributed by atoms with E-state index in [2.05, 4.69) is 0 Å². The van der Waals surface area contributed by atoms with E-state index >= 15 is 0 Å². The Morgan fingerprint density at radius 3 is 1.75 bits per heavy atom. The molecular formula is C21H26O3. The highest BCUT2D eigenvalue weighted by molar-refractivity contribution is 6.29. The number of ether oxygens (including phenoxy) is 1. The van der Waals surface area contributed by atoms with Crippen LogP contribution in [0.15, 0.2) is 11.1 Å². The van der Waals surface area contributed by atoms with Crippen molar-refractivity contribution in [3.8, 4) is 0 Å². The molecule has 0 saturated carbocycles. The third-order valence-electron chi connectivity index (χ3n) is 6.12. The fourth-order valence-corrected chi connectivity index (χ4v) is 4.27. The second-order valence-electron chi connectivity index (χ2n) is 7.82. The average molecular weight is 326 g/mol. The van der Waals surface area contributed by atoms with Crippen LogP contribution in [0.3, 0.4) is 0 Å². The normalized spacial score (nSPS) is 25.7. The number of ketones is 2. The number of rotatable bonds is 0. The SMILES string of the molecule is Cc1c(C)c(C)c2c(c1C)C(=O)C1=C(C2=O)C(C)(C)OC(C)C1C. The van der Waals surface area contributed by atoms with E-state index in [9.17, 15) is 9.59 Å². The molecule has 24 heavy (non-hydrogen) atoms. The van der Waals surface area contributed by atoms with Crippen molar-refractivity contribution in [2.75, 3.05) is 0 Å². The van der Waals surface area contributed by atoms with Crippen LogP contribution in [0.1, 0.15) is 70.7 Å². The summed E-state index contributed by atoms with van der Waals surface area (Å²) < 4.78 is 6.08. The van der Waals surface area contributed by atoms with Gasteiger partial charge < -0.3 is 4.74 Å². The van der Waals surface area contributed by atoms with Gasteiger partial charge >= 0.3 is 0 Å². The molecule has 1 heterocycles. The standard InChI is InChI=1S/C21H26O3/c1-9-10(2)12(4)16-15(11(9)3)19(22)17-13(5)14(6)24-21(7,8)18(17)20(16)23/h13-14H,1-8H3. The monoisotopic (exact) mass is 326 g/mol. The summed E-state index contributed by atoms with van der Waals surface area (Å²) in [5.74, 6) is -0.106. The molecule has 1 aliphatic heterocycles. The van der Waals surface area contributed by atoms with Crippen LogP contribution in [0.2, 0.25) is 0 Å². The lowest BCUT2D eigenvalue weighted by atomic mass is 9.68. The van der Waals surface area contributed by atoms with E-state index in [0.29, 0.717) is 22.3 Å². The maximum atomic E-state index is 13.4. The highest BCUT2D eigenvalue weighted by Gasteiger charge is 2.48. The number of fused-ring (bicyclic) bond motifs is 1. The molecule has 3 rings (SSSR count). The minimum atomic E-state index is -0.745. The van der Waals surface area contributed by atoms with Crippen LogP contribution < -0.4 is 0 Å². The highest BCUT2D eigenvalue weighted by Crippen LogP contribution is 2.45. The Morgan fingerprint density at radius 2 is 1.25 bits per heavy atom. The van der Waals surface area contributed by atoms with Gasteiger partial charge in [0.25, 0.3) is 0 Å². The van der Waals surface area contributed by atoms with Crippen molar-refractivity contribution >= 4 is 11.6 Å². The van der Waals surface area contributed by atoms with Gasteiger partial charge in [0, 0.05) is 28.2 Å². The van der Waals surface area contributed by atoms with Crippen LogP contribution in [0, 0.1) is 33.6 Å². The number of carbonyl (C=O) groups excluding carboxylic acids is 2. The molecule has 1 aliphatic carbocycles. The molecule has 0 bridgehead atoms. The molecule has 0 radical (unpaired) electrons. The Kier molecular flexibility index (Phi) is 3.65. The van der Waals surface area contributed by atoms with Crippen LogP contribution in [0.4, 0.5) is 0 Å². The number of Topliss-reactive ketones (excluding diaryl/α,β-unsaturated/α-hetero) is 2. The quantitative estimate of drug-likeness (QED) is 0.708. The van der Waals surface area contributed by atoms with Crippen LogP contribution in [0.25, 0.3) is 0 Å². The Morgan fingerprint density at radius 1 is 0.792 bits per heavy atom. The minimum Gasteiger partial charge on any atom is -0.367 e. The molecule has 3 nitrogen and oxygen atoms in total. The molecule has 0 N–H and O–H groups in total. The zero-order chi connectivity index (χ0) is 18.1. The molecule has 2 atom stereocenters. The van der Waals surface area contributed by atoms with Crippen LogP contribution in [0.5, 0.6) is 0 Å². The maximum absolute atomic E-state index is 13.4. The van der Waals surface area contributed by atoms with Gasteiger partial charge in [-0.05, 0) is 70.7 Å². The molecule has 0 spiro atoms. The maximum Gasteiger partial charge on any atom is 0.193 e. The molecule has 0 aromatic heterocycles. The number of hydrogen-bond acceptors (Lipinski definition) is 3. The Labute approximate surface area is 144 Å². The summed E-state index contributed by atoms with van der Waals surface area (Å²) in [5, 5.41) is 0. The van der Waals surface area contributed by atoms with Crippen molar-refractivity contribution in [1.29, 1.82) is 0 Å². The molecular weight excluding hydrogens is 300 g/mol. The number of carbonyl (C=O) groups is 2. The molecule has 0 saturated heterocycles. The summed E-state index contributed by atoms with van der Waals surface area (Å²) in [6.07, 6.45) is -0.0926. The lowest BCUT2D eigenvalue weighted by Crippen LogP contribution is -2.47. The van der Waals surface area contributed by atoms with Gasteiger partial charge in [-0.2, -0.15) is 0 Å². The van der Waals surface area contributed by atoms with E-state index in [4.69, 9.17) is 4.74 Å². The molecule has 128 valence electrons. The van der Waals surface area contributed by atoms with E-state index in [0.717, 1.165) is 22.3 Å². The van der Waals surface area contributed by atoms with Gasteiger partial charge in [-0.15, -0.1) is 0 Å². The highest BCUT2D eigenvalue weighted by atomic mass is 16.5. The predicted molar refractivity (Wildman–Crippen MR) is 94.9 cm³/mol. The van der Waals surface area contributed by atoms with Crippen LogP contribution in [-0.4, -0.2) is 23.3 Å². The second kappa shape index (κ2) is 5.13. The van der Waals surface area contributed by atoms with Gasteiger partial charge in [0.05, 0.1) is 11.7 Å². The van der Waals surface area contributed by atoms with Gasteiger partial charge in [-0.3, -0.25) is 9.59 Å². The topological polar surface area (TPSA) is 43.4 Å². The second-order valence-corrected chi connectivity index (χ2v) is 7.82. The molecule has 1 aromatic carbocycles. The Hall–Kier alpha value is -1.74. The fourth-order valence-electron chi connectivity index (χ4n) is 4.27. The van der Waals surface area contributed by atoms with Crippen molar-refractivity contribution in [3.63, 3.8) is 0 Å². The summed E-state index contributed by atoms with van der Waals surface area (Å²) in [6, 6.07) is 0. The van der Waals surface area contributed by atoms with Crippen LogP contribution in [-0.2, 0) is 4.74 Å². The number of hydrogen-bond donors (Lipinski definition) is 0. The molecule has 2 aliphatic rings. The lowest BCUT2D eigenvalue weighted by molar-refractivity contribution is -0.0682. The third kappa shape index (κ3) is 2.00. The third-order valence-corrected chi connectivity index (χ3v) is 6.12. The molecule has 0 fully saturated rings. The van der Waals surface area contributed by atoms with E-state index in [1.54, 1.807) is 0 Å². The number of benzene rings is 1. The Bertz CT molecular complexity index is 824. The lowest BCUT2D eigenvalue weighted by Gasteiger charge is -2.43. The zero-order valence-corrected chi connectivity index (χ0v) is 15.9. The fraction of sp³-hybridized carbons (Fsp3) is 0.524. The van der Waals surface area contributed by atoms with Gasteiger partial charge in [-0.1, -0.05) is 6.92 Å². The predicted octanol–water partition coefficient (Wildman–Crippen LogP) is 4.43. The summed E-state index contributed by atoms with van der Waals surface area (Å²) in [6.45, 7) is 15.7. The van der Waals surface area contributed by atoms with E-state index in [-0.39, 0.29) is 23.6 Å². The smallest absolute Gasteiger partial charge is 0.193 e. The van der Waals surface area contributed by atoms with Gasteiger partial charge in [0.15, 0.2) is 11.6 Å². The van der Waals surface area contributed by atoms with E-state index in [1.165, 1.54) is 0 Å². The van der Waals surface area contributed by atoms with Crippen molar-refractivity contribution in [2.45, 2.75) is 67.1 Å². The summed E-state index contributed by atoms with van der Waals surface area (Å²) in [4.78, 5) is 26.8. The molecule has 3 heteroatoms. The Balaban J connectivity index is 2.41.